The number of aliphatic hydroxyl groups excluding tert-OH is 1. The van der Waals surface area contributed by atoms with Gasteiger partial charge < -0.3 is 19.6 Å². The number of halogens is 3. The van der Waals surface area contributed by atoms with Gasteiger partial charge in [0.05, 0.1) is 36.5 Å². The molecule has 1 saturated heterocycles. The zero-order chi connectivity index (χ0) is 23.5. The van der Waals surface area contributed by atoms with Crippen molar-refractivity contribution in [2.24, 2.45) is 5.16 Å². The summed E-state index contributed by atoms with van der Waals surface area (Å²) in [7, 11) is 1.36. The van der Waals surface area contributed by atoms with Crippen LogP contribution in [0, 0.1) is 18.3 Å². The number of nitriles is 1. The third-order valence-electron chi connectivity index (χ3n) is 5.16. The van der Waals surface area contributed by atoms with E-state index in [9.17, 15) is 28.3 Å². The molecule has 1 heterocycles. The highest BCUT2D eigenvalue weighted by atomic mass is 19.4. The molecule has 1 atom stereocenters. The molecule has 1 amide bonds. The SMILES string of the molecule is CON=C1CC(CO)N(C(=O)c2ccc(-c3cccc(C#N)c3C)c(OC(F)(F)F)c2)C1. The van der Waals surface area contributed by atoms with E-state index >= 15 is 0 Å². The number of carbonyl (C=O) groups excluding carboxylic acids is 1. The maximum Gasteiger partial charge on any atom is 0.573 e. The van der Waals surface area contributed by atoms with Crippen LogP contribution >= 0.6 is 0 Å². The minimum Gasteiger partial charge on any atom is -0.405 e. The van der Waals surface area contributed by atoms with Crippen LogP contribution in [0.25, 0.3) is 11.1 Å². The van der Waals surface area contributed by atoms with Crippen molar-refractivity contribution in [1.29, 1.82) is 5.26 Å². The highest BCUT2D eigenvalue weighted by molar-refractivity contribution is 6.01. The van der Waals surface area contributed by atoms with E-state index in [1.54, 1.807) is 25.1 Å². The summed E-state index contributed by atoms with van der Waals surface area (Å²) in [5, 5.41) is 22.7. The van der Waals surface area contributed by atoms with Crippen LogP contribution in [0.2, 0.25) is 0 Å². The number of oxime groups is 1. The van der Waals surface area contributed by atoms with Crippen molar-refractivity contribution in [1.82, 2.24) is 4.90 Å². The predicted molar refractivity (Wildman–Crippen MR) is 109 cm³/mol. The van der Waals surface area contributed by atoms with Gasteiger partial charge in [-0.15, -0.1) is 13.2 Å². The molecule has 10 heteroatoms. The minimum atomic E-state index is -4.99. The van der Waals surface area contributed by atoms with Crippen molar-refractivity contribution in [3.63, 3.8) is 0 Å². The first-order valence-electron chi connectivity index (χ1n) is 9.59. The fourth-order valence-electron chi connectivity index (χ4n) is 3.67. The summed E-state index contributed by atoms with van der Waals surface area (Å²) in [4.78, 5) is 19.1. The first kappa shape index (κ1) is 23.1. The highest BCUT2D eigenvalue weighted by Gasteiger charge is 2.35. The van der Waals surface area contributed by atoms with E-state index in [1.807, 2.05) is 6.07 Å². The van der Waals surface area contributed by atoms with Gasteiger partial charge in [0.1, 0.15) is 12.9 Å². The lowest BCUT2D eigenvalue weighted by atomic mass is 9.95. The number of hydrogen-bond donors (Lipinski definition) is 1. The number of ether oxygens (including phenoxy) is 1. The van der Waals surface area contributed by atoms with Gasteiger partial charge >= 0.3 is 6.36 Å². The molecule has 2 aromatic carbocycles. The molecule has 1 aliphatic heterocycles. The largest absolute Gasteiger partial charge is 0.573 e. The van der Waals surface area contributed by atoms with Crippen LogP contribution in [-0.4, -0.2) is 54.3 Å². The van der Waals surface area contributed by atoms with Gasteiger partial charge in [-0.05, 0) is 42.3 Å². The number of aliphatic hydroxyl groups is 1. The molecule has 0 saturated carbocycles. The van der Waals surface area contributed by atoms with E-state index in [1.165, 1.54) is 24.1 Å². The third kappa shape index (κ3) is 4.84. The van der Waals surface area contributed by atoms with Crippen molar-refractivity contribution in [2.45, 2.75) is 25.7 Å². The number of likely N-dealkylation sites (tertiary alicyclic amines) is 1. The van der Waals surface area contributed by atoms with Gasteiger partial charge in [0.2, 0.25) is 0 Å². The van der Waals surface area contributed by atoms with Crippen LogP contribution in [0.1, 0.15) is 27.9 Å². The number of amides is 1. The van der Waals surface area contributed by atoms with E-state index < -0.39 is 24.1 Å². The average molecular weight is 447 g/mol. The molecular weight excluding hydrogens is 427 g/mol. The van der Waals surface area contributed by atoms with E-state index in [-0.39, 0.29) is 24.3 Å². The number of benzene rings is 2. The standard InChI is InChI=1S/C22H20F3N3O4/c1-13-15(10-26)4-3-5-18(13)19-7-6-14(8-20(19)32-22(23,24)25)21(30)28-11-16(27-31-2)9-17(28)12-29/h3-8,17,29H,9,11-12H2,1-2H3. The molecule has 168 valence electrons. The maximum atomic E-state index is 13.1. The van der Waals surface area contributed by atoms with E-state index in [4.69, 9.17) is 4.84 Å². The summed E-state index contributed by atoms with van der Waals surface area (Å²) < 4.78 is 43.6. The lowest BCUT2D eigenvalue weighted by Gasteiger charge is -2.23. The molecule has 1 unspecified atom stereocenters. The number of nitrogens with zero attached hydrogens (tertiary/aromatic N) is 3. The van der Waals surface area contributed by atoms with Crippen LogP contribution in [0.5, 0.6) is 5.75 Å². The molecule has 0 bridgehead atoms. The zero-order valence-corrected chi connectivity index (χ0v) is 17.3. The Balaban J connectivity index is 2.05. The number of hydrogen-bond acceptors (Lipinski definition) is 6. The fraction of sp³-hybridized carbons (Fsp3) is 0.318. The van der Waals surface area contributed by atoms with Crippen LogP contribution in [0.4, 0.5) is 13.2 Å². The average Bonchev–Trinajstić information content (AvgIpc) is 3.16. The molecule has 1 N–H and O–H groups in total. The molecule has 0 radical (unpaired) electrons. The first-order valence-corrected chi connectivity index (χ1v) is 9.59. The van der Waals surface area contributed by atoms with E-state index in [2.05, 4.69) is 9.89 Å². The predicted octanol–water partition coefficient (Wildman–Crippen LogP) is 3.64. The fourth-order valence-corrected chi connectivity index (χ4v) is 3.67. The van der Waals surface area contributed by atoms with Gasteiger partial charge in [-0.1, -0.05) is 17.3 Å². The molecule has 2 aromatic rings. The maximum absolute atomic E-state index is 13.1. The van der Waals surface area contributed by atoms with Gasteiger partial charge in [0.25, 0.3) is 5.91 Å². The Morgan fingerprint density at radius 2 is 2.06 bits per heavy atom. The molecule has 1 fully saturated rings. The van der Waals surface area contributed by atoms with E-state index in [0.29, 0.717) is 28.8 Å². The number of carbonyl (C=O) groups is 1. The first-order chi connectivity index (χ1) is 15.2. The Labute approximate surface area is 182 Å². The summed E-state index contributed by atoms with van der Waals surface area (Å²) >= 11 is 0. The second-order valence-electron chi connectivity index (χ2n) is 7.16. The van der Waals surface area contributed by atoms with Crippen LogP contribution in [0.3, 0.4) is 0 Å². The molecule has 7 nitrogen and oxygen atoms in total. The van der Waals surface area contributed by atoms with Crippen molar-refractivity contribution in [3.05, 3.63) is 53.1 Å². The van der Waals surface area contributed by atoms with Gasteiger partial charge in [-0.25, -0.2) is 0 Å². The van der Waals surface area contributed by atoms with Crippen LogP contribution in [-0.2, 0) is 4.84 Å². The minimum absolute atomic E-state index is 0.0424. The normalized spacial score (nSPS) is 17.3. The summed E-state index contributed by atoms with van der Waals surface area (Å²) in [6.45, 7) is 1.37. The molecule has 32 heavy (non-hydrogen) atoms. The molecule has 0 spiro atoms. The highest BCUT2D eigenvalue weighted by Crippen LogP contribution is 2.37. The number of alkyl halides is 3. The van der Waals surface area contributed by atoms with Gasteiger partial charge in [-0.3, -0.25) is 4.79 Å². The second kappa shape index (κ2) is 9.28. The zero-order valence-electron chi connectivity index (χ0n) is 17.3. The lowest BCUT2D eigenvalue weighted by molar-refractivity contribution is -0.274. The molecular formula is C22H20F3N3O4. The monoisotopic (exact) mass is 447 g/mol. The number of rotatable bonds is 5. The van der Waals surface area contributed by atoms with E-state index in [0.717, 1.165) is 6.07 Å². The molecule has 0 aromatic heterocycles. The lowest BCUT2D eigenvalue weighted by Crippen LogP contribution is -2.37. The Morgan fingerprint density at radius 1 is 1.31 bits per heavy atom. The van der Waals surface area contributed by atoms with Crippen molar-refractivity contribution < 1.29 is 32.6 Å². The molecule has 3 rings (SSSR count). The summed E-state index contributed by atoms with van der Waals surface area (Å²) in [5.74, 6) is -1.14. The Kier molecular flexibility index (Phi) is 6.69. The van der Waals surface area contributed by atoms with Crippen LogP contribution in [0.15, 0.2) is 41.6 Å². The smallest absolute Gasteiger partial charge is 0.405 e. The van der Waals surface area contributed by atoms with Gasteiger partial charge in [0.15, 0.2) is 0 Å². The van der Waals surface area contributed by atoms with Crippen molar-refractivity contribution >= 4 is 11.6 Å². The topological polar surface area (TPSA) is 95.2 Å². The van der Waals surface area contributed by atoms with Gasteiger partial charge in [0, 0.05) is 17.5 Å². The second-order valence-corrected chi connectivity index (χ2v) is 7.16. The summed E-state index contributed by atoms with van der Waals surface area (Å²) in [6.07, 6.45) is -4.70. The van der Waals surface area contributed by atoms with Crippen molar-refractivity contribution in [2.75, 3.05) is 20.3 Å². The Morgan fingerprint density at radius 3 is 2.69 bits per heavy atom. The quantitative estimate of drug-likeness (QED) is 0.707. The molecule has 0 aliphatic carbocycles. The van der Waals surface area contributed by atoms with Crippen molar-refractivity contribution in [3.8, 4) is 22.9 Å². The molecule has 1 aliphatic rings. The Bertz CT molecular complexity index is 1090. The van der Waals surface area contributed by atoms with Crippen LogP contribution < -0.4 is 4.74 Å². The Hall–Kier alpha value is -3.58. The summed E-state index contributed by atoms with van der Waals surface area (Å²) in [6, 6.07) is 9.88. The van der Waals surface area contributed by atoms with Gasteiger partial charge in [-0.2, -0.15) is 5.26 Å². The third-order valence-corrected chi connectivity index (χ3v) is 5.16. The summed E-state index contributed by atoms with van der Waals surface area (Å²) in [5.41, 5.74) is 1.77.